The first-order chi connectivity index (χ1) is 14.5. The van der Waals surface area contributed by atoms with E-state index in [0.717, 1.165) is 0 Å². The predicted molar refractivity (Wildman–Crippen MR) is 113 cm³/mol. The van der Waals surface area contributed by atoms with Crippen LogP contribution >= 0.6 is 0 Å². The Balaban J connectivity index is 1.67. The fourth-order valence-electron chi connectivity index (χ4n) is 3.03. The maximum Gasteiger partial charge on any atom is 0.346 e. The van der Waals surface area contributed by atoms with E-state index in [0.29, 0.717) is 21.8 Å². The molecule has 0 aliphatic rings. The van der Waals surface area contributed by atoms with Crippen molar-refractivity contribution in [2.45, 2.75) is 0 Å². The number of carbonyl (C=O) groups is 1. The van der Waals surface area contributed by atoms with E-state index < -0.39 is 11.8 Å². The second kappa shape index (κ2) is 8.05. The molecule has 0 spiro atoms. The predicted octanol–water partition coefficient (Wildman–Crippen LogP) is 2.76. The van der Waals surface area contributed by atoms with Crippen molar-refractivity contribution in [2.75, 3.05) is 0 Å². The standard InChI is InChI=1S/C24H17FN2O3/c1-16-21(23(28)27(26-16)18-9-3-2-4-10-18)15-17-8-7-11-19(14-17)30-24(29)20-12-5-6-13-22(20)25/h2-15,26H,1H2/b21-15-. The number of hydrogen-bond donors (Lipinski definition) is 1. The van der Waals surface area contributed by atoms with Crippen molar-refractivity contribution in [2.24, 2.45) is 0 Å². The molecular weight excluding hydrogens is 383 g/mol. The van der Waals surface area contributed by atoms with Crippen LogP contribution in [0.4, 0.5) is 4.39 Å². The van der Waals surface area contributed by atoms with Gasteiger partial charge in [0.15, 0.2) is 0 Å². The highest BCUT2D eigenvalue weighted by Crippen LogP contribution is 2.17. The number of ether oxygens (including phenoxy) is 1. The van der Waals surface area contributed by atoms with Crippen LogP contribution in [0.1, 0.15) is 15.9 Å². The third kappa shape index (κ3) is 3.84. The van der Waals surface area contributed by atoms with E-state index in [-0.39, 0.29) is 16.9 Å². The lowest BCUT2D eigenvalue weighted by molar-refractivity contribution is 0.0730. The topological polar surface area (TPSA) is 64.1 Å². The molecule has 0 bridgehead atoms. The zero-order valence-corrected chi connectivity index (χ0v) is 15.8. The lowest BCUT2D eigenvalue weighted by Crippen LogP contribution is -2.33. The van der Waals surface area contributed by atoms with Crippen LogP contribution in [-0.4, -0.2) is 15.7 Å². The normalized spacial score (nSPS) is 11.4. The Hall–Kier alpha value is -4.19. The minimum Gasteiger partial charge on any atom is -0.423 e. The zero-order chi connectivity index (χ0) is 21.1. The number of aromatic amines is 1. The molecule has 4 aromatic rings. The number of hydrogen-bond acceptors (Lipinski definition) is 3. The van der Waals surface area contributed by atoms with Gasteiger partial charge in [-0.25, -0.2) is 13.9 Å². The molecule has 6 heteroatoms. The molecule has 0 fully saturated rings. The van der Waals surface area contributed by atoms with Crippen LogP contribution < -0.4 is 20.9 Å². The molecule has 0 radical (unpaired) electrons. The van der Waals surface area contributed by atoms with E-state index in [1.54, 1.807) is 36.4 Å². The Morgan fingerprint density at radius 1 is 1.00 bits per heavy atom. The molecule has 148 valence electrons. The molecule has 0 aliphatic carbocycles. The van der Waals surface area contributed by atoms with Crippen LogP contribution in [0.25, 0.3) is 18.3 Å². The molecule has 0 saturated heterocycles. The zero-order valence-electron chi connectivity index (χ0n) is 15.8. The quantitative estimate of drug-likeness (QED) is 0.423. The van der Waals surface area contributed by atoms with E-state index in [2.05, 4.69) is 11.7 Å². The average Bonchev–Trinajstić information content (AvgIpc) is 3.03. The SMILES string of the molecule is C=c1[nH]n(-c2ccccc2)c(=O)/c1=C\c1cccc(OC(=O)c2ccccc2F)c1. The van der Waals surface area contributed by atoms with E-state index in [1.165, 1.54) is 22.9 Å². The number of aromatic nitrogens is 2. The van der Waals surface area contributed by atoms with Crippen molar-refractivity contribution in [3.63, 3.8) is 0 Å². The van der Waals surface area contributed by atoms with Gasteiger partial charge in [-0.05, 0) is 48.0 Å². The number of benzene rings is 3. The van der Waals surface area contributed by atoms with E-state index in [9.17, 15) is 14.0 Å². The van der Waals surface area contributed by atoms with Crippen LogP contribution in [0.3, 0.4) is 0 Å². The number of esters is 1. The Morgan fingerprint density at radius 2 is 1.73 bits per heavy atom. The minimum atomic E-state index is -0.795. The molecule has 0 amide bonds. The molecule has 1 aromatic heterocycles. The number of carbonyl (C=O) groups excluding carboxylic acids is 1. The van der Waals surface area contributed by atoms with Crippen LogP contribution in [0, 0.1) is 5.82 Å². The fraction of sp³-hybridized carbons (Fsp3) is 0. The van der Waals surface area contributed by atoms with Gasteiger partial charge in [0.05, 0.1) is 21.8 Å². The van der Waals surface area contributed by atoms with Crippen molar-refractivity contribution < 1.29 is 13.9 Å². The molecule has 1 heterocycles. The van der Waals surface area contributed by atoms with Gasteiger partial charge in [-0.2, -0.15) is 0 Å². The summed E-state index contributed by atoms with van der Waals surface area (Å²) in [6.45, 7) is 3.91. The molecular formula is C24H17FN2O3. The molecule has 0 aliphatic heterocycles. The Bertz CT molecular complexity index is 1390. The number of nitrogens with zero attached hydrogens (tertiary/aromatic N) is 1. The molecule has 4 rings (SSSR count). The monoisotopic (exact) mass is 400 g/mol. The number of nitrogens with one attached hydrogen (secondary N) is 1. The summed E-state index contributed by atoms with van der Waals surface area (Å²) in [4.78, 5) is 25.0. The summed E-state index contributed by atoms with van der Waals surface area (Å²) in [5.74, 6) is -1.21. The number of halogens is 1. The van der Waals surface area contributed by atoms with E-state index in [1.807, 2.05) is 30.3 Å². The van der Waals surface area contributed by atoms with Gasteiger partial charge in [0.1, 0.15) is 11.6 Å². The number of rotatable bonds is 4. The Labute approximate surface area is 171 Å². The first kappa shape index (κ1) is 19.1. The molecule has 0 saturated carbocycles. The van der Waals surface area contributed by atoms with Crippen LogP contribution in [0.15, 0.2) is 83.7 Å². The highest BCUT2D eigenvalue weighted by atomic mass is 19.1. The van der Waals surface area contributed by atoms with Crippen LogP contribution in [0.5, 0.6) is 5.75 Å². The third-order valence-corrected chi connectivity index (χ3v) is 4.49. The first-order valence-corrected chi connectivity index (χ1v) is 9.17. The molecule has 5 nitrogen and oxygen atoms in total. The van der Waals surface area contributed by atoms with Crippen LogP contribution in [0.2, 0.25) is 0 Å². The van der Waals surface area contributed by atoms with E-state index >= 15 is 0 Å². The Kier molecular flexibility index (Phi) is 5.13. The Morgan fingerprint density at radius 3 is 2.50 bits per heavy atom. The fourth-order valence-corrected chi connectivity index (χ4v) is 3.03. The summed E-state index contributed by atoms with van der Waals surface area (Å²) in [6, 6.07) is 21.4. The third-order valence-electron chi connectivity index (χ3n) is 4.49. The van der Waals surface area contributed by atoms with Crippen molar-refractivity contribution >= 4 is 18.6 Å². The van der Waals surface area contributed by atoms with Gasteiger partial charge < -0.3 is 4.74 Å². The smallest absolute Gasteiger partial charge is 0.346 e. The molecule has 3 aromatic carbocycles. The summed E-state index contributed by atoms with van der Waals surface area (Å²) < 4.78 is 20.5. The molecule has 30 heavy (non-hydrogen) atoms. The van der Waals surface area contributed by atoms with Gasteiger partial charge in [-0.15, -0.1) is 0 Å². The van der Waals surface area contributed by atoms with Crippen molar-refractivity contribution in [1.82, 2.24) is 9.78 Å². The number of para-hydroxylation sites is 1. The van der Waals surface area contributed by atoms with Gasteiger partial charge in [0, 0.05) is 0 Å². The van der Waals surface area contributed by atoms with Crippen LogP contribution in [-0.2, 0) is 0 Å². The summed E-state index contributed by atoms with van der Waals surface area (Å²) in [5.41, 5.74) is 0.929. The summed E-state index contributed by atoms with van der Waals surface area (Å²) in [6.07, 6.45) is 1.65. The first-order valence-electron chi connectivity index (χ1n) is 9.17. The summed E-state index contributed by atoms with van der Waals surface area (Å²) >= 11 is 0. The maximum absolute atomic E-state index is 13.8. The second-order valence-corrected chi connectivity index (χ2v) is 6.57. The molecule has 1 N–H and O–H groups in total. The number of H-pyrrole nitrogens is 1. The second-order valence-electron chi connectivity index (χ2n) is 6.57. The lowest BCUT2D eigenvalue weighted by Gasteiger charge is -2.05. The minimum absolute atomic E-state index is 0.150. The van der Waals surface area contributed by atoms with Gasteiger partial charge in [-0.3, -0.25) is 9.89 Å². The van der Waals surface area contributed by atoms with Crippen molar-refractivity contribution in [3.05, 3.63) is 117 Å². The summed E-state index contributed by atoms with van der Waals surface area (Å²) in [7, 11) is 0. The highest BCUT2D eigenvalue weighted by molar-refractivity contribution is 5.91. The van der Waals surface area contributed by atoms with E-state index in [4.69, 9.17) is 4.74 Å². The molecule has 0 unspecified atom stereocenters. The van der Waals surface area contributed by atoms with Gasteiger partial charge >= 0.3 is 5.97 Å². The van der Waals surface area contributed by atoms with Crippen molar-refractivity contribution in [1.29, 1.82) is 0 Å². The summed E-state index contributed by atoms with van der Waals surface area (Å²) in [5, 5.41) is 3.80. The molecule has 0 atom stereocenters. The highest BCUT2D eigenvalue weighted by Gasteiger charge is 2.13. The van der Waals surface area contributed by atoms with Gasteiger partial charge in [0.2, 0.25) is 0 Å². The lowest BCUT2D eigenvalue weighted by atomic mass is 10.2. The van der Waals surface area contributed by atoms with Gasteiger partial charge in [0.25, 0.3) is 5.56 Å². The largest absolute Gasteiger partial charge is 0.423 e. The van der Waals surface area contributed by atoms with Crippen molar-refractivity contribution in [3.8, 4) is 11.4 Å². The maximum atomic E-state index is 13.8. The van der Waals surface area contributed by atoms with Gasteiger partial charge in [-0.1, -0.05) is 49.0 Å². The average molecular weight is 400 g/mol.